The molecule has 1 heterocycles. The maximum atomic E-state index is 5.28. The summed E-state index contributed by atoms with van der Waals surface area (Å²) in [5, 5.41) is 9.95. The number of H-pyrrole nitrogens is 1. The average molecular weight is 199 g/mol. The number of methoxy groups -OCH3 is 1. The van der Waals surface area contributed by atoms with Crippen molar-refractivity contribution in [3.05, 3.63) is 18.0 Å². The summed E-state index contributed by atoms with van der Waals surface area (Å²) in [5.41, 5.74) is 1.09. The van der Waals surface area contributed by atoms with Crippen LogP contribution in [0.1, 0.15) is 5.69 Å². The number of rotatable bonds is 8. The predicted octanol–water partition coefficient (Wildman–Crippen LogP) is 0.162. The van der Waals surface area contributed by atoms with Crippen LogP contribution >= 0.6 is 0 Å². The van der Waals surface area contributed by atoms with Crippen LogP contribution in [-0.2, 0) is 16.0 Å². The van der Waals surface area contributed by atoms with Crippen LogP contribution in [-0.4, -0.2) is 43.7 Å². The molecule has 0 aliphatic carbocycles. The van der Waals surface area contributed by atoms with Gasteiger partial charge in [0.05, 0.1) is 19.8 Å². The molecule has 1 aromatic rings. The highest BCUT2D eigenvalue weighted by atomic mass is 16.5. The van der Waals surface area contributed by atoms with Crippen LogP contribution in [0, 0.1) is 0 Å². The van der Waals surface area contributed by atoms with Crippen molar-refractivity contribution in [2.45, 2.75) is 6.54 Å². The molecule has 0 radical (unpaired) electrons. The van der Waals surface area contributed by atoms with Crippen molar-refractivity contribution in [2.24, 2.45) is 0 Å². The number of nitrogens with one attached hydrogen (secondary N) is 2. The Bertz CT molecular complexity index is 214. The summed E-state index contributed by atoms with van der Waals surface area (Å²) in [6, 6.07) is 1.94. The molecule has 0 aliphatic rings. The lowest BCUT2D eigenvalue weighted by Gasteiger charge is -2.04. The molecule has 5 heteroatoms. The zero-order valence-electron chi connectivity index (χ0n) is 8.45. The summed E-state index contributed by atoms with van der Waals surface area (Å²) in [6.45, 7) is 3.65. The lowest BCUT2D eigenvalue weighted by atomic mass is 10.4. The number of ether oxygens (including phenoxy) is 2. The Balaban J connectivity index is 1.85. The van der Waals surface area contributed by atoms with Gasteiger partial charge in [-0.05, 0) is 6.07 Å². The average Bonchev–Trinajstić information content (AvgIpc) is 2.69. The Morgan fingerprint density at radius 3 is 3.07 bits per heavy atom. The third kappa shape index (κ3) is 4.96. The highest BCUT2D eigenvalue weighted by Crippen LogP contribution is 1.88. The van der Waals surface area contributed by atoms with Crippen molar-refractivity contribution in [1.82, 2.24) is 15.5 Å². The minimum absolute atomic E-state index is 0.653. The summed E-state index contributed by atoms with van der Waals surface area (Å²) in [7, 11) is 1.67. The molecule has 0 atom stereocenters. The molecule has 80 valence electrons. The van der Waals surface area contributed by atoms with Crippen LogP contribution in [0.2, 0.25) is 0 Å². The summed E-state index contributed by atoms with van der Waals surface area (Å²) in [6.07, 6.45) is 1.74. The maximum Gasteiger partial charge on any atom is 0.0700 e. The Hall–Kier alpha value is -0.910. The molecule has 0 bridgehead atoms. The second-order valence-electron chi connectivity index (χ2n) is 2.86. The van der Waals surface area contributed by atoms with Gasteiger partial charge < -0.3 is 14.8 Å². The first kappa shape index (κ1) is 11.2. The Morgan fingerprint density at radius 2 is 2.36 bits per heavy atom. The van der Waals surface area contributed by atoms with Crippen molar-refractivity contribution in [3.8, 4) is 0 Å². The smallest absolute Gasteiger partial charge is 0.0700 e. The number of aromatic nitrogens is 2. The zero-order valence-corrected chi connectivity index (χ0v) is 8.45. The van der Waals surface area contributed by atoms with E-state index in [0.717, 1.165) is 18.8 Å². The summed E-state index contributed by atoms with van der Waals surface area (Å²) in [4.78, 5) is 0. The Morgan fingerprint density at radius 1 is 1.43 bits per heavy atom. The molecule has 0 aliphatic heterocycles. The van der Waals surface area contributed by atoms with Crippen molar-refractivity contribution in [1.29, 1.82) is 0 Å². The molecule has 0 unspecified atom stereocenters. The predicted molar refractivity (Wildman–Crippen MR) is 53.0 cm³/mol. The SMILES string of the molecule is COCCOCCNCc1ccn[nH]1. The maximum absolute atomic E-state index is 5.28. The van der Waals surface area contributed by atoms with E-state index in [0.29, 0.717) is 19.8 Å². The molecule has 0 fully saturated rings. The number of nitrogens with zero attached hydrogens (tertiary/aromatic N) is 1. The van der Waals surface area contributed by atoms with Gasteiger partial charge in [0, 0.05) is 32.1 Å². The summed E-state index contributed by atoms with van der Waals surface area (Å²) >= 11 is 0. The standard InChI is InChI=1S/C9H17N3O2/c1-13-6-7-14-5-4-10-8-9-2-3-11-12-9/h2-3,10H,4-8H2,1H3,(H,11,12). The second-order valence-corrected chi connectivity index (χ2v) is 2.86. The highest BCUT2D eigenvalue weighted by molar-refractivity contribution is 4.96. The second kappa shape index (κ2) is 7.49. The van der Waals surface area contributed by atoms with Gasteiger partial charge in [-0.1, -0.05) is 0 Å². The van der Waals surface area contributed by atoms with E-state index in [1.165, 1.54) is 0 Å². The molecular weight excluding hydrogens is 182 g/mol. The lowest BCUT2D eigenvalue weighted by molar-refractivity contribution is 0.0719. The molecule has 0 aromatic carbocycles. The molecule has 14 heavy (non-hydrogen) atoms. The molecule has 5 nitrogen and oxygen atoms in total. The number of hydrogen-bond acceptors (Lipinski definition) is 4. The molecule has 1 aromatic heterocycles. The van der Waals surface area contributed by atoms with Gasteiger partial charge in [0.15, 0.2) is 0 Å². The van der Waals surface area contributed by atoms with Crippen LogP contribution in [0.3, 0.4) is 0 Å². The van der Waals surface area contributed by atoms with Crippen molar-refractivity contribution in [3.63, 3.8) is 0 Å². The van der Waals surface area contributed by atoms with Crippen molar-refractivity contribution < 1.29 is 9.47 Å². The first-order chi connectivity index (χ1) is 6.93. The minimum atomic E-state index is 0.653. The van der Waals surface area contributed by atoms with Gasteiger partial charge in [0.1, 0.15) is 0 Å². The van der Waals surface area contributed by atoms with Crippen LogP contribution in [0.5, 0.6) is 0 Å². The first-order valence-electron chi connectivity index (χ1n) is 4.69. The highest BCUT2D eigenvalue weighted by Gasteiger charge is 1.92. The first-order valence-corrected chi connectivity index (χ1v) is 4.69. The van der Waals surface area contributed by atoms with Crippen LogP contribution in [0.15, 0.2) is 12.3 Å². The van der Waals surface area contributed by atoms with E-state index in [1.807, 2.05) is 6.07 Å². The fourth-order valence-electron chi connectivity index (χ4n) is 0.995. The summed E-state index contributed by atoms with van der Waals surface area (Å²) in [5.74, 6) is 0. The van der Waals surface area contributed by atoms with Crippen LogP contribution in [0.25, 0.3) is 0 Å². The van der Waals surface area contributed by atoms with E-state index in [4.69, 9.17) is 9.47 Å². The third-order valence-corrected chi connectivity index (χ3v) is 1.73. The van der Waals surface area contributed by atoms with Crippen LogP contribution in [0.4, 0.5) is 0 Å². The number of hydrogen-bond donors (Lipinski definition) is 2. The third-order valence-electron chi connectivity index (χ3n) is 1.73. The van der Waals surface area contributed by atoms with Crippen molar-refractivity contribution in [2.75, 3.05) is 33.5 Å². The van der Waals surface area contributed by atoms with Gasteiger partial charge >= 0.3 is 0 Å². The normalized spacial score (nSPS) is 10.6. The molecule has 0 spiro atoms. The zero-order chi connectivity index (χ0) is 10.1. The molecule has 0 saturated carbocycles. The molecule has 2 N–H and O–H groups in total. The van der Waals surface area contributed by atoms with Gasteiger partial charge in [-0.3, -0.25) is 5.10 Å². The van der Waals surface area contributed by atoms with E-state index in [2.05, 4.69) is 15.5 Å². The largest absolute Gasteiger partial charge is 0.382 e. The lowest BCUT2D eigenvalue weighted by Crippen LogP contribution is -2.20. The summed E-state index contributed by atoms with van der Waals surface area (Å²) < 4.78 is 10.1. The quantitative estimate of drug-likeness (QED) is 0.586. The fraction of sp³-hybridized carbons (Fsp3) is 0.667. The Kier molecular flexibility index (Phi) is 5.97. The minimum Gasteiger partial charge on any atom is -0.382 e. The molecular formula is C9H17N3O2. The topological polar surface area (TPSA) is 59.2 Å². The van der Waals surface area contributed by atoms with Gasteiger partial charge in [-0.15, -0.1) is 0 Å². The molecule has 0 saturated heterocycles. The Labute approximate surface area is 83.8 Å². The fourth-order valence-corrected chi connectivity index (χ4v) is 0.995. The monoisotopic (exact) mass is 199 g/mol. The van der Waals surface area contributed by atoms with Gasteiger partial charge in [-0.25, -0.2) is 0 Å². The number of aromatic amines is 1. The van der Waals surface area contributed by atoms with Gasteiger partial charge in [-0.2, -0.15) is 5.10 Å². The van der Waals surface area contributed by atoms with Gasteiger partial charge in [0.2, 0.25) is 0 Å². The van der Waals surface area contributed by atoms with E-state index >= 15 is 0 Å². The van der Waals surface area contributed by atoms with E-state index in [9.17, 15) is 0 Å². The molecule has 1 rings (SSSR count). The van der Waals surface area contributed by atoms with Gasteiger partial charge in [0.25, 0.3) is 0 Å². The van der Waals surface area contributed by atoms with Crippen LogP contribution < -0.4 is 5.32 Å². The molecule has 0 amide bonds. The van der Waals surface area contributed by atoms with Crippen molar-refractivity contribution >= 4 is 0 Å². The van der Waals surface area contributed by atoms with E-state index in [1.54, 1.807) is 13.3 Å². The van der Waals surface area contributed by atoms with E-state index in [-0.39, 0.29) is 0 Å². The van der Waals surface area contributed by atoms with E-state index < -0.39 is 0 Å².